The summed E-state index contributed by atoms with van der Waals surface area (Å²) in [5.74, 6) is 0.474. The van der Waals surface area contributed by atoms with Crippen molar-refractivity contribution in [2.24, 2.45) is 0 Å². The Morgan fingerprint density at radius 1 is 1.23 bits per heavy atom. The molecule has 31 heavy (non-hydrogen) atoms. The van der Waals surface area contributed by atoms with Crippen molar-refractivity contribution in [3.05, 3.63) is 58.2 Å². The van der Waals surface area contributed by atoms with Gasteiger partial charge in [-0.15, -0.1) is 0 Å². The standard InChI is InChI=1S/C24H29F3N4/c1-4-15(2)21(31-22-16(3)13-17(14-29-22)24(25,26)27)23(10-6-11-23)20-9-8-18-19(30-20)7-5-12-28-18/h8-9,13-14,28H,4-7,10-12H2,1-3H3,(H,29,31). The van der Waals surface area contributed by atoms with Gasteiger partial charge in [0.25, 0.3) is 0 Å². The summed E-state index contributed by atoms with van der Waals surface area (Å²) < 4.78 is 39.2. The first-order chi connectivity index (χ1) is 14.7. The number of nitrogens with one attached hydrogen (secondary N) is 2. The number of alkyl halides is 3. The van der Waals surface area contributed by atoms with Crippen molar-refractivity contribution in [3.8, 4) is 0 Å². The number of pyridine rings is 2. The zero-order valence-electron chi connectivity index (χ0n) is 18.3. The third-order valence-corrected chi connectivity index (χ3v) is 6.66. The van der Waals surface area contributed by atoms with Crippen molar-refractivity contribution in [1.29, 1.82) is 0 Å². The number of hydrogen-bond acceptors (Lipinski definition) is 4. The number of aryl methyl sites for hydroxylation is 2. The molecule has 2 aromatic rings. The third-order valence-electron chi connectivity index (χ3n) is 6.66. The molecule has 0 aromatic carbocycles. The van der Waals surface area contributed by atoms with Gasteiger partial charge in [0.1, 0.15) is 5.82 Å². The van der Waals surface area contributed by atoms with E-state index < -0.39 is 11.7 Å². The summed E-state index contributed by atoms with van der Waals surface area (Å²) in [6.45, 7) is 6.82. The molecule has 0 saturated heterocycles. The molecule has 2 aliphatic rings. The maximum atomic E-state index is 13.1. The van der Waals surface area contributed by atoms with Gasteiger partial charge in [-0.2, -0.15) is 13.2 Å². The quantitative estimate of drug-likeness (QED) is 0.578. The Morgan fingerprint density at radius 2 is 2.00 bits per heavy atom. The fraction of sp³-hybridized carbons (Fsp3) is 0.500. The second-order valence-corrected chi connectivity index (χ2v) is 8.68. The topological polar surface area (TPSA) is 49.8 Å². The molecule has 2 aromatic heterocycles. The van der Waals surface area contributed by atoms with E-state index in [1.54, 1.807) is 6.92 Å². The van der Waals surface area contributed by atoms with Gasteiger partial charge in [-0.1, -0.05) is 18.9 Å². The number of nitrogens with zero attached hydrogens (tertiary/aromatic N) is 2. The van der Waals surface area contributed by atoms with Crippen LogP contribution in [0.4, 0.5) is 24.7 Å². The molecule has 2 N–H and O–H groups in total. The van der Waals surface area contributed by atoms with Crippen molar-refractivity contribution in [1.82, 2.24) is 9.97 Å². The van der Waals surface area contributed by atoms with Gasteiger partial charge in [-0.25, -0.2) is 4.98 Å². The Labute approximate surface area is 181 Å². The van der Waals surface area contributed by atoms with Crippen LogP contribution in [0.2, 0.25) is 0 Å². The highest BCUT2D eigenvalue weighted by atomic mass is 19.4. The lowest BCUT2D eigenvalue weighted by Gasteiger charge is -2.45. The Bertz CT molecular complexity index is 1010. The SMILES string of the molecule is CCC(C)=C(Nc1ncc(C(F)(F)F)cc1C)C1(c2ccc3c(n2)CCCN3)CCC1. The second kappa shape index (κ2) is 8.17. The minimum atomic E-state index is -4.40. The van der Waals surface area contributed by atoms with Crippen molar-refractivity contribution in [3.63, 3.8) is 0 Å². The van der Waals surface area contributed by atoms with E-state index in [0.29, 0.717) is 11.4 Å². The van der Waals surface area contributed by atoms with Gasteiger partial charge in [-0.3, -0.25) is 4.98 Å². The maximum Gasteiger partial charge on any atom is 0.417 e. The van der Waals surface area contributed by atoms with Gasteiger partial charge in [0.15, 0.2) is 0 Å². The van der Waals surface area contributed by atoms with Crippen LogP contribution >= 0.6 is 0 Å². The van der Waals surface area contributed by atoms with Crippen LogP contribution in [0.1, 0.15) is 68.5 Å². The Morgan fingerprint density at radius 3 is 2.61 bits per heavy atom. The Hall–Kier alpha value is -2.57. The number of anilines is 2. The summed E-state index contributed by atoms with van der Waals surface area (Å²) >= 11 is 0. The maximum absolute atomic E-state index is 13.1. The lowest BCUT2D eigenvalue weighted by atomic mass is 9.63. The highest BCUT2D eigenvalue weighted by Crippen LogP contribution is 2.50. The minimum Gasteiger partial charge on any atom is -0.384 e. The average molecular weight is 431 g/mol. The largest absolute Gasteiger partial charge is 0.417 e. The van der Waals surface area contributed by atoms with Gasteiger partial charge in [-0.05, 0) is 69.7 Å². The molecule has 1 fully saturated rings. The molecule has 1 saturated carbocycles. The van der Waals surface area contributed by atoms with E-state index in [4.69, 9.17) is 4.98 Å². The first-order valence-electron chi connectivity index (χ1n) is 11.0. The fourth-order valence-electron chi connectivity index (χ4n) is 4.55. The van der Waals surface area contributed by atoms with Gasteiger partial charge >= 0.3 is 6.18 Å². The molecule has 7 heteroatoms. The highest BCUT2D eigenvalue weighted by molar-refractivity contribution is 5.57. The summed E-state index contributed by atoms with van der Waals surface area (Å²) in [6, 6.07) is 5.38. The van der Waals surface area contributed by atoms with E-state index in [2.05, 4.69) is 41.6 Å². The summed E-state index contributed by atoms with van der Waals surface area (Å²) in [5.41, 5.74) is 4.97. The van der Waals surface area contributed by atoms with Crippen molar-refractivity contribution in [2.45, 2.75) is 70.9 Å². The molecule has 1 aliphatic carbocycles. The van der Waals surface area contributed by atoms with Crippen LogP contribution in [-0.2, 0) is 18.0 Å². The Kier molecular flexibility index (Phi) is 5.71. The molecule has 0 bridgehead atoms. The first-order valence-corrected chi connectivity index (χ1v) is 11.0. The van der Waals surface area contributed by atoms with E-state index in [1.165, 1.54) is 5.57 Å². The molecule has 0 spiro atoms. The summed E-state index contributed by atoms with van der Waals surface area (Å²) in [5, 5.41) is 6.86. The van der Waals surface area contributed by atoms with Crippen LogP contribution in [0.15, 0.2) is 35.7 Å². The summed E-state index contributed by atoms with van der Waals surface area (Å²) in [7, 11) is 0. The van der Waals surface area contributed by atoms with E-state index in [1.807, 2.05) is 0 Å². The van der Waals surface area contributed by atoms with Gasteiger partial charge in [0.2, 0.25) is 0 Å². The summed E-state index contributed by atoms with van der Waals surface area (Å²) in [6.07, 6.45) is 2.41. The van der Waals surface area contributed by atoms with Crippen LogP contribution in [0, 0.1) is 6.92 Å². The summed E-state index contributed by atoms with van der Waals surface area (Å²) in [4.78, 5) is 9.19. The lowest BCUT2D eigenvalue weighted by Crippen LogP contribution is -2.41. The molecule has 4 nitrogen and oxygen atoms in total. The Balaban J connectivity index is 1.73. The highest BCUT2D eigenvalue weighted by Gasteiger charge is 2.45. The van der Waals surface area contributed by atoms with Crippen LogP contribution in [-0.4, -0.2) is 16.5 Å². The second-order valence-electron chi connectivity index (χ2n) is 8.68. The predicted octanol–water partition coefficient (Wildman–Crippen LogP) is 6.38. The number of aromatic nitrogens is 2. The smallest absolute Gasteiger partial charge is 0.384 e. The third kappa shape index (κ3) is 4.02. The minimum absolute atomic E-state index is 0.247. The number of halogens is 3. The molecule has 0 unspecified atom stereocenters. The molecule has 166 valence electrons. The average Bonchev–Trinajstić information content (AvgIpc) is 2.72. The van der Waals surface area contributed by atoms with Gasteiger partial charge in [0.05, 0.1) is 28.1 Å². The first kappa shape index (κ1) is 21.7. The van der Waals surface area contributed by atoms with Crippen molar-refractivity contribution < 1.29 is 13.2 Å². The van der Waals surface area contributed by atoms with E-state index in [0.717, 1.165) is 80.1 Å². The van der Waals surface area contributed by atoms with E-state index in [-0.39, 0.29) is 5.41 Å². The number of hydrogen-bond donors (Lipinski definition) is 2. The van der Waals surface area contributed by atoms with Crippen LogP contribution in [0.3, 0.4) is 0 Å². The number of rotatable bonds is 5. The predicted molar refractivity (Wildman–Crippen MR) is 117 cm³/mol. The van der Waals surface area contributed by atoms with Crippen LogP contribution in [0.5, 0.6) is 0 Å². The fourth-order valence-corrected chi connectivity index (χ4v) is 4.55. The zero-order chi connectivity index (χ0) is 22.2. The lowest BCUT2D eigenvalue weighted by molar-refractivity contribution is -0.137. The molecular formula is C24H29F3N4. The zero-order valence-corrected chi connectivity index (χ0v) is 18.3. The molecule has 4 rings (SSSR count). The molecule has 0 atom stereocenters. The van der Waals surface area contributed by atoms with Gasteiger partial charge in [0, 0.05) is 18.4 Å². The van der Waals surface area contributed by atoms with Gasteiger partial charge < -0.3 is 10.6 Å². The monoisotopic (exact) mass is 430 g/mol. The van der Waals surface area contributed by atoms with Crippen molar-refractivity contribution in [2.75, 3.05) is 17.2 Å². The molecule has 3 heterocycles. The molecular weight excluding hydrogens is 401 g/mol. The molecule has 0 radical (unpaired) electrons. The molecule has 1 aliphatic heterocycles. The van der Waals surface area contributed by atoms with E-state index in [9.17, 15) is 13.2 Å². The van der Waals surface area contributed by atoms with Crippen molar-refractivity contribution >= 4 is 11.5 Å². The van der Waals surface area contributed by atoms with E-state index >= 15 is 0 Å². The molecule has 0 amide bonds. The number of allylic oxidation sites excluding steroid dienone is 2. The number of fused-ring (bicyclic) bond motifs is 1. The normalized spacial score (nSPS) is 18.4. The van der Waals surface area contributed by atoms with Crippen LogP contribution in [0.25, 0.3) is 0 Å². The van der Waals surface area contributed by atoms with Crippen LogP contribution < -0.4 is 10.6 Å².